The number of rotatable bonds is 4. The minimum atomic E-state index is -0.521. The molecule has 1 saturated carbocycles. The summed E-state index contributed by atoms with van der Waals surface area (Å²) in [6.07, 6.45) is 6.63. The predicted molar refractivity (Wildman–Crippen MR) is 114 cm³/mol. The Bertz CT molecular complexity index is 1380. The molecule has 1 aromatic carbocycles. The van der Waals surface area contributed by atoms with Crippen molar-refractivity contribution in [3.8, 4) is 34.5 Å². The van der Waals surface area contributed by atoms with E-state index in [1.54, 1.807) is 35.1 Å². The van der Waals surface area contributed by atoms with E-state index in [0.29, 0.717) is 24.4 Å². The Morgan fingerprint density at radius 3 is 2.74 bits per heavy atom. The molecule has 5 rings (SSSR count). The highest BCUT2D eigenvalue weighted by molar-refractivity contribution is 5.98. The number of anilines is 1. The summed E-state index contributed by atoms with van der Waals surface area (Å²) in [5.74, 6) is 0.500. The Kier molecular flexibility index (Phi) is 4.19. The van der Waals surface area contributed by atoms with Crippen molar-refractivity contribution in [2.45, 2.75) is 24.8 Å². The van der Waals surface area contributed by atoms with E-state index in [4.69, 9.17) is 10.8 Å². The van der Waals surface area contributed by atoms with Crippen molar-refractivity contribution >= 4 is 16.7 Å². The van der Waals surface area contributed by atoms with Crippen molar-refractivity contribution in [3.05, 3.63) is 42.9 Å². The number of nitrogens with zero attached hydrogens (tertiary/aromatic N) is 8. The van der Waals surface area contributed by atoms with Gasteiger partial charge in [-0.05, 0) is 36.6 Å². The number of fused-ring (bicyclic) bond motifs is 1. The molecule has 9 heteroatoms. The maximum atomic E-state index is 9.31. The molecule has 0 saturated heterocycles. The summed E-state index contributed by atoms with van der Waals surface area (Å²) in [5, 5.41) is 32.9. The first-order valence-electron chi connectivity index (χ1n) is 9.91. The Labute approximate surface area is 178 Å². The first-order valence-corrected chi connectivity index (χ1v) is 9.91. The molecule has 0 atom stereocenters. The van der Waals surface area contributed by atoms with Gasteiger partial charge in [0.25, 0.3) is 0 Å². The van der Waals surface area contributed by atoms with Crippen molar-refractivity contribution in [2.24, 2.45) is 13.0 Å². The number of nitriles is 2. The van der Waals surface area contributed by atoms with Crippen molar-refractivity contribution in [3.63, 3.8) is 0 Å². The largest absolute Gasteiger partial charge is 0.383 e. The summed E-state index contributed by atoms with van der Waals surface area (Å²) >= 11 is 0. The molecular weight excluding hydrogens is 390 g/mol. The molecular formula is C22H19N9. The van der Waals surface area contributed by atoms with Crippen LogP contribution >= 0.6 is 0 Å². The van der Waals surface area contributed by atoms with Crippen LogP contribution < -0.4 is 5.73 Å². The zero-order valence-corrected chi connectivity index (χ0v) is 16.9. The summed E-state index contributed by atoms with van der Waals surface area (Å²) in [6.45, 7) is 0. The van der Waals surface area contributed by atoms with Crippen LogP contribution in [0.2, 0.25) is 0 Å². The molecule has 0 unspecified atom stereocenters. The summed E-state index contributed by atoms with van der Waals surface area (Å²) in [6, 6.07) is 12.4. The monoisotopic (exact) mass is 409 g/mol. The molecule has 152 valence electrons. The van der Waals surface area contributed by atoms with E-state index >= 15 is 0 Å². The zero-order chi connectivity index (χ0) is 21.6. The van der Waals surface area contributed by atoms with Crippen molar-refractivity contribution in [2.75, 3.05) is 5.73 Å². The van der Waals surface area contributed by atoms with Gasteiger partial charge < -0.3 is 5.73 Å². The lowest BCUT2D eigenvalue weighted by Crippen LogP contribution is -2.47. The number of hydrogen-bond acceptors (Lipinski definition) is 7. The molecule has 1 aliphatic rings. The number of benzene rings is 1. The van der Waals surface area contributed by atoms with E-state index in [9.17, 15) is 10.5 Å². The molecule has 0 bridgehead atoms. The Morgan fingerprint density at radius 2 is 2.03 bits per heavy atom. The van der Waals surface area contributed by atoms with Crippen LogP contribution in [0, 0.1) is 28.6 Å². The Hall–Kier alpha value is -4.24. The van der Waals surface area contributed by atoms with Crippen molar-refractivity contribution < 1.29 is 0 Å². The number of pyridine rings is 1. The molecule has 0 aliphatic heterocycles. The fourth-order valence-corrected chi connectivity index (χ4v) is 4.31. The first kappa shape index (κ1) is 18.8. The van der Waals surface area contributed by atoms with Crippen LogP contribution in [0.3, 0.4) is 0 Å². The number of aryl methyl sites for hydroxylation is 1. The predicted octanol–water partition coefficient (Wildman–Crippen LogP) is 3.02. The van der Waals surface area contributed by atoms with Gasteiger partial charge in [0.2, 0.25) is 0 Å². The molecule has 1 fully saturated rings. The zero-order valence-electron chi connectivity index (χ0n) is 16.9. The lowest BCUT2D eigenvalue weighted by atomic mass is 9.68. The summed E-state index contributed by atoms with van der Waals surface area (Å²) < 4.78 is 1.63. The molecule has 0 amide bonds. The van der Waals surface area contributed by atoms with E-state index in [0.717, 1.165) is 27.6 Å². The highest BCUT2D eigenvalue weighted by Gasteiger charge is 2.48. The van der Waals surface area contributed by atoms with Gasteiger partial charge in [-0.25, -0.2) is 0 Å². The summed E-state index contributed by atoms with van der Waals surface area (Å²) in [4.78, 5) is 6.14. The normalized spacial score (nSPS) is 20.2. The van der Waals surface area contributed by atoms with Gasteiger partial charge in [-0.2, -0.15) is 30.6 Å². The molecule has 9 nitrogen and oxygen atoms in total. The first-order chi connectivity index (χ1) is 15.0. The standard InChI is InChI=1S/C22H19N9/c1-30-21(25)18(12-27-30)15-7-17(16-3-2-6-26-19(16)8-15)20-13-28-31(29-20)22(4-5-23)9-14(10-22)11-24/h2-3,6-8,12-14H,4,9-10,25H2,1H3/t14-,22+. The molecule has 3 aromatic heterocycles. The van der Waals surface area contributed by atoms with Gasteiger partial charge in [-0.1, -0.05) is 6.07 Å². The molecule has 0 spiro atoms. The van der Waals surface area contributed by atoms with Crippen LogP contribution in [-0.2, 0) is 12.6 Å². The second kappa shape index (κ2) is 6.92. The molecule has 1 aliphatic carbocycles. The number of aromatic nitrogens is 6. The molecule has 31 heavy (non-hydrogen) atoms. The van der Waals surface area contributed by atoms with Gasteiger partial charge in [-0.3, -0.25) is 9.67 Å². The van der Waals surface area contributed by atoms with Crippen LogP contribution in [-0.4, -0.2) is 29.8 Å². The van der Waals surface area contributed by atoms with E-state index in [1.165, 1.54) is 0 Å². The number of nitrogen functional groups attached to an aromatic ring is 1. The van der Waals surface area contributed by atoms with Gasteiger partial charge in [0.15, 0.2) is 0 Å². The van der Waals surface area contributed by atoms with Gasteiger partial charge in [0, 0.05) is 29.8 Å². The van der Waals surface area contributed by atoms with Crippen LogP contribution in [0.5, 0.6) is 0 Å². The fourth-order valence-electron chi connectivity index (χ4n) is 4.31. The highest BCUT2D eigenvalue weighted by Crippen LogP contribution is 2.45. The quantitative estimate of drug-likeness (QED) is 0.547. The average Bonchev–Trinajstić information content (AvgIpc) is 3.37. The summed E-state index contributed by atoms with van der Waals surface area (Å²) in [7, 11) is 1.80. The second-order valence-corrected chi connectivity index (χ2v) is 7.97. The summed E-state index contributed by atoms with van der Waals surface area (Å²) in [5.41, 5.74) is 9.76. The fraction of sp³-hybridized carbons (Fsp3) is 0.273. The van der Waals surface area contributed by atoms with E-state index in [2.05, 4.69) is 27.3 Å². The second-order valence-electron chi connectivity index (χ2n) is 7.97. The lowest BCUT2D eigenvalue weighted by Gasteiger charge is -2.42. The van der Waals surface area contributed by atoms with Crippen LogP contribution in [0.4, 0.5) is 5.82 Å². The van der Waals surface area contributed by atoms with Gasteiger partial charge in [0.1, 0.15) is 11.5 Å². The third kappa shape index (κ3) is 2.90. The van der Waals surface area contributed by atoms with E-state index < -0.39 is 5.54 Å². The molecule has 4 aromatic rings. The van der Waals surface area contributed by atoms with Crippen molar-refractivity contribution in [1.29, 1.82) is 10.5 Å². The third-order valence-electron chi connectivity index (χ3n) is 6.05. The smallest absolute Gasteiger partial charge is 0.129 e. The highest BCUT2D eigenvalue weighted by atomic mass is 15.5. The SMILES string of the molecule is Cn1ncc(-c2cc(-c3cnn([C@]4(CC#N)C[C@H](C#N)C4)n3)c3cccnc3c2)c1N. The van der Waals surface area contributed by atoms with Crippen LogP contribution in [0.1, 0.15) is 19.3 Å². The molecule has 0 radical (unpaired) electrons. The van der Waals surface area contributed by atoms with Crippen LogP contribution in [0.25, 0.3) is 33.3 Å². The average molecular weight is 409 g/mol. The van der Waals surface area contributed by atoms with Crippen molar-refractivity contribution in [1.82, 2.24) is 29.8 Å². The Morgan fingerprint density at radius 1 is 1.19 bits per heavy atom. The minimum Gasteiger partial charge on any atom is -0.383 e. The maximum absolute atomic E-state index is 9.31. The third-order valence-corrected chi connectivity index (χ3v) is 6.05. The topological polar surface area (TPSA) is 135 Å². The van der Waals surface area contributed by atoms with Gasteiger partial charge >= 0.3 is 0 Å². The van der Waals surface area contributed by atoms with Gasteiger partial charge in [-0.15, -0.1) is 0 Å². The van der Waals surface area contributed by atoms with E-state index in [1.807, 2.05) is 24.3 Å². The van der Waals surface area contributed by atoms with Crippen LogP contribution in [0.15, 0.2) is 42.9 Å². The maximum Gasteiger partial charge on any atom is 0.129 e. The lowest BCUT2D eigenvalue weighted by molar-refractivity contribution is 0.0713. The Balaban J connectivity index is 1.64. The van der Waals surface area contributed by atoms with E-state index in [-0.39, 0.29) is 12.3 Å². The van der Waals surface area contributed by atoms with Gasteiger partial charge in [0.05, 0.1) is 47.9 Å². The molecule has 3 heterocycles. The molecule has 2 N–H and O–H groups in total. The minimum absolute atomic E-state index is 0.0651. The number of hydrogen-bond donors (Lipinski definition) is 1. The number of nitrogens with two attached hydrogens (primary N) is 1.